The van der Waals surface area contributed by atoms with E-state index in [0.717, 1.165) is 5.39 Å². The van der Waals surface area contributed by atoms with Gasteiger partial charge in [0.25, 0.3) is 0 Å². The van der Waals surface area contributed by atoms with Crippen LogP contribution in [-0.4, -0.2) is 23.3 Å². The van der Waals surface area contributed by atoms with Crippen LogP contribution in [0.3, 0.4) is 0 Å². The van der Waals surface area contributed by atoms with Gasteiger partial charge in [0.05, 0.1) is 7.11 Å². The molecule has 0 fully saturated rings. The Hall–Kier alpha value is -2.23. The van der Waals surface area contributed by atoms with E-state index in [9.17, 15) is 9.90 Å². The topological polar surface area (TPSA) is 66.8 Å². The molecule has 2 aromatic rings. The number of hydrogen-bond acceptors (Lipinski definition) is 3. The average Bonchev–Trinajstić information content (AvgIpc) is 2.28. The van der Waals surface area contributed by atoms with E-state index in [-0.39, 0.29) is 11.3 Å². The van der Waals surface area contributed by atoms with Gasteiger partial charge in [0.2, 0.25) is 0 Å². The summed E-state index contributed by atoms with van der Waals surface area (Å²) >= 11 is 0. The summed E-state index contributed by atoms with van der Waals surface area (Å²) in [6.07, 6.45) is 0. The van der Waals surface area contributed by atoms with Crippen molar-refractivity contribution >= 4 is 16.7 Å². The van der Waals surface area contributed by atoms with E-state index < -0.39 is 5.97 Å². The van der Waals surface area contributed by atoms with Crippen molar-refractivity contribution < 1.29 is 19.7 Å². The Kier molecular flexibility index (Phi) is 2.40. The van der Waals surface area contributed by atoms with Gasteiger partial charge < -0.3 is 14.9 Å². The van der Waals surface area contributed by atoms with Crippen molar-refractivity contribution in [3.05, 3.63) is 35.9 Å². The van der Waals surface area contributed by atoms with E-state index in [2.05, 4.69) is 0 Å². The molecule has 4 nitrogen and oxygen atoms in total. The van der Waals surface area contributed by atoms with Gasteiger partial charge in [0, 0.05) is 5.39 Å². The summed E-state index contributed by atoms with van der Waals surface area (Å²) in [7, 11) is 1.51. The van der Waals surface area contributed by atoms with Gasteiger partial charge in [-0.25, -0.2) is 4.79 Å². The van der Waals surface area contributed by atoms with Crippen LogP contribution < -0.4 is 4.74 Å². The van der Waals surface area contributed by atoms with E-state index in [1.807, 2.05) is 0 Å². The van der Waals surface area contributed by atoms with E-state index in [4.69, 9.17) is 9.84 Å². The fourth-order valence-electron chi connectivity index (χ4n) is 1.58. The molecule has 16 heavy (non-hydrogen) atoms. The highest BCUT2D eigenvalue weighted by molar-refractivity contribution is 6.00. The first kappa shape index (κ1) is 10.3. The Morgan fingerprint density at radius 2 is 1.94 bits per heavy atom. The quantitative estimate of drug-likeness (QED) is 0.811. The number of carboxylic acid groups (broad SMARTS) is 1. The van der Waals surface area contributed by atoms with Crippen LogP contribution in [0.1, 0.15) is 10.4 Å². The van der Waals surface area contributed by atoms with Gasteiger partial charge in [-0.1, -0.05) is 12.1 Å². The molecule has 0 saturated carbocycles. The number of benzene rings is 2. The minimum atomic E-state index is -1.15. The van der Waals surface area contributed by atoms with E-state index in [0.29, 0.717) is 11.1 Å². The van der Waals surface area contributed by atoms with Crippen molar-refractivity contribution in [2.45, 2.75) is 0 Å². The first-order valence-electron chi connectivity index (χ1n) is 4.66. The monoisotopic (exact) mass is 218 g/mol. The second-order valence-electron chi connectivity index (χ2n) is 3.35. The Labute approximate surface area is 91.7 Å². The highest BCUT2D eigenvalue weighted by Gasteiger charge is 2.12. The van der Waals surface area contributed by atoms with Crippen molar-refractivity contribution in [2.24, 2.45) is 0 Å². The number of aromatic hydroxyl groups is 1. The summed E-state index contributed by atoms with van der Waals surface area (Å²) in [6.45, 7) is 0. The number of fused-ring (bicyclic) bond motifs is 1. The Morgan fingerprint density at radius 3 is 2.56 bits per heavy atom. The fraction of sp³-hybridized carbons (Fsp3) is 0.0833. The predicted molar refractivity (Wildman–Crippen MR) is 59.1 cm³/mol. The lowest BCUT2D eigenvalue weighted by molar-refractivity contribution is 0.0694. The zero-order valence-corrected chi connectivity index (χ0v) is 8.60. The van der Waals surface area contributed by atoms with E-state index >= 15 is 0 Å². The molecule has 0 aromatic heterocycles. The minimum Gasteiger partial charge on any atom is -0.506 e. The maximum absolute atomic E-state index is 10.8. The van der Waals surface area contributed by atoms with E-state index in [1.165, 1.54) is 13.2 Å². The van der Waals surface area contributed by atoms with Gasteiger partial charge in [-0.15, -0.1) is 0 Å². The summed E-state index contributed by atoms with van der Waals surface area (Å²) in [5.41, 5.74) is -0.110. The van der Waals surface area contributed by atoms with Gasteiger partial charge in [0.15, 0.2) is 0 Å². The van der Waals surface area contributed by atoms with Crippen LogP contribution in [0.2, 0.25) is 0 Å². The second-order valence-corrected chi connectivity index (χ2v) is 3.35. The minimum absolute atomic E-state index is 0.110. The number of ether oxygens (including phenoxy) is 1. The van der Waals surface area contributed by atoms with Crippen molar-refractivity contribution in [3.63, 3.8) is 0 Å². The molecule has 0 radical (unpaired) electrons. The summed E-state index contributed by atoms with van der Waals surface area (Å²) < 4.78 is 5.02. The van der Waals surface area contributed by atoms with Gasteiger partial charge in [-0.2, -0.15) is 0 Å². The standard InChI is InChI=1S/C12H10O4/c1-16-8-4-2-7-3-5-9(12(14)15)11(13)10(7)6-8/h2-6,13H,1H3,(H,14,15). The van der Waals surface area contributed by atoms with Gasteiger partial charge >= 0.3 is 5.97 Å². The summed E-state index contributed by atoms with van der Waals surface area (Å²) in [5, 5.41) is 19.9. The average molecular weight is 218 g/mol. The molecular weight excluding hydrogens is 208 g/mol. The molecule has 82 valence electrons. The van der Waals surface area contributed by atoms with Crippen LogP contribution in [0.25, 0.3) is 10.8 Å². The second kappa shape index (κ2) is 3.73. The fourth-order valence-corrected chi connectivity index (χ4v) is 1.58. The SMILES string of the molecule is COc1ccc2ccc(C(=O)O)c(O)c2c1. The molecule has 0 atom stereocenters. The Bertz CT molecular complexity index is 560. The van der Waals surface area contributed by atoms with Gasteiger partial charge in [-0.3, -0.25) is 0 Å². The number of aromatic carboxylic acids is 1. The smallest absolute Gasteiger partial charge is 0.339 e. The lowest BCUT2D eigenvalue weighted by atomic mass is 10.1. The zero-order valence-electron chi connectivity index (χ0n) is 8.60. The number of methoxy groups -OCH3 is 1. The van der Waals surface area contributed by atoms with Gasteiger partial charge in [0.1, 0.15) is 17.1 Å². The Balaban J connectivity index is 2.75. The van der Waals surface area contributed by atoms with Crippen molar-refractivity contribution in [2.75, 3.05) is 7.11 Å². The summed E-state index contributed by atoms with van der Waals surface area (Å²) in [5.74, 6) is -0.809. The number of rotatable bonds is 2. The molecule has 0 unspecified atom stereocenters. The normalized spacial score (nSPS) is 10.3. The lowest BCUT2D eigenvalue weighted by Crippen LogP contribution is -1.96. The van der Waals surface area contributed by atoms with Crippen LogP contribution in [0.5, 0.6) is 11.5 Å². The number of carbonyl (C=O) groups is 1. The molecule has 0 heterocycles. The molecule has 0 aliphatic carbocycles. The van der Waals surface area contributed by atoms with Crippen LogP contribution in [0.15, 0.2) is 30.3 Å². The maximum Gasteiger partial charge on any atom is 0.339 e. The molecule has 0 aliphatic heterocycles. The van der Waals surface area contributed by atoms with Crippen LogP contribution in [-0.2, 0) is 0 Å². The molecule has 0 aliphatic rings. The molecule has 0 spiro atoms. The molecular formula is C12H10O4. The van der Waals surface area contributed by atoms with Crippen LogP contribution in [0.4, 0.5) is 0 Å². The Morgan fingerprint density at radius 1 is 1.25 bits per heavy atom. The number of carboxylic acids is 1. The predicted octanol–water partition coefficient (Wildman–Crippen LogP) is 2.25. The summed E-state index contributed by atoms with van der Waals surface area (Å²) in [4.78, 5) is 10.8. The van der Waals surface area contributed by atoms with E-state index in [1.54, 1.807) is 24.3 Å². The molecule has 2 aromatic carbocycles. The molecule has 4 heteroatoms. The largest absolute Gasteiger partial charge is 0.506 e. The zero-order chi connectivity index (χ0) is 11.7. The molecule has 2 N–H and O–H groups in total. The van der Waals surface area contributed by atoms with Crippen LogP contribution in [0, 0.1) is 0 Å². The van der Waals surface area contributed by atoms with Gasteiger partial charge in [-0.05, 0) is 23.6 Å². The first-order chi connectivity index (χ1) is 7.63. The third kappa shape index (κ3) is 1.54. The third-order valence-electron chi connectivity index (χ3n) is 2.43. The number of phenols is 1. The highest BCUT2D eigenvalue weighted by Crippen LogP contribution is 2.31. The van der Waals surface area contributed by atoms with Crippen LogP contribution >= 0.6 is 0 Å². The molecule has 0 bridgehead atoms. The highest BCUT2D eigenvalue weighted by atomic mass is 16.5. The molecule has 0 saturated heterocycles. The van der Waals surface area contributed by atoms with Crippen molar-refractivity contribution in [1.82, 2.24) is 0 Å². The maximum atomic E-state index is 10.8. The first-order valence-corrected chi connectivity index (χ1v) is 4.66. The number of hydrogen-bond donors (Lipinski definition) is 2. The van der Waals surface area contributed by atoms with Crippen molar-refractivity contribution in [3.8, 4) is 11.5 Å². The molecule has 0 amide bonds. The van der Waals surface area contributed by atoms with Crippen molar-refractivity contribution in [1.29, 1.82) is 0 Å². The lowest BCUT2D eigenvalue weighted by Gasteiger charge is -2.06. The summed E-state index contributed by atoms with van der Waals surface area (Å²) in [6, 6.07) is 8.16. The molecule has 2 rings (SSSR count). The third-order valence-corrected chi connectivity index (χ3v) is 2.43.